The maximum atomic E-state index is 13.4. The summed E-state index contributed by atoms with van der Waals surface area (Å²) in [7, 11) is -3.51. The topological polar surface area (TPSA) is 59.1 Å². The second kappa shape index (κ2) is 7.97. The van der Waals surface area contributed by atoms with E-state index in [4.69, 9.17) is 0 Å². The first-order valence-corrected chi connectivity index (χ1v) is 11.2. The molecule has 4 nitrogen and oxygen atoms in total. The lowest BCUT2D eigenvalue weighted by Crippen LogP contribution is -2.36. The maximum absolute atomic E-state index is 13.4. The van der Waals surface area contributed by atoms with E-state index in [2.05, 4.69) is 10.3 Å². The predicted molar refractivity (Wildman–Crippen MR) is 109 cm³/mol. The smallest absolute Gasteiger partial charge is 0.198 e. The Kier molecular flexibility index (Phi) is 5.42. The van der Waals surface area contributed by atoms with Crippen molar-refractivity contribution in [2.75, 3.05) is 13.1 Å². The zero-order valence-corrected chi connectivity index (χ0v) is 16.4. The number of hydrogen-bond acceptors (Lipinski definition) is 4. The van der Waals surface area contributed by atoms with Crippen LogP contribution in [0, 0.1) is 5.82 Å². The Morgan fingerprint density at radius 3 is 2.46 bits per heavy atom. The van der Waals surface area contributed by atoms with Gasteiger partial charge in [-0.15, -0.1) is 0 Å². The Labute approximate surface area is 164 Å². The minimum atomic E-state index is -3.51. The average molecular weight is 399 g/mol. The van der Waals surface area contributed by atoms with E-state index in [1.807, 2.05) is 30.3 Å². The molecule has 0 radical (unpaired) electrons. The van der Waals surface area contributed by atoms with Crippen LogP contribution in [0.5, 0.6) is 0 Å². The molecule has 0 spiro atoms. The van der Waals surface area contributed by atoms with Crippen LogP contribution in [0.2, 0.25) is 0 Å². The molecule has 6 heteroatoms. The molecule has 2 heterocycles. The van der Waals surface area contributed by atoms with Crippen molar-refractivity contribution in [3.63, 3.8) is 0 Å². The van der Waals surface area contributed by atoms with Crippen LogP contribution in [0.3, 0.4) is 0 Å². The molecule has 1 N–H and O–H groups in total. The van der Waals surface area contributed by atoms with E-state index in [9.17, 15) is 12.8 Å². The van der Waals surface area contributed by atoms with Gasteiger partial charge in [0.25, 0.3) is 0 Å². The van der Waals surface area contributed by atoms with Gasteiger partial charge >= 0.3 is 0 Å². The summed E-state index contributed by atoms with van der Waals surface area (Å²) in [5.41, 5.74) is 2.40. The van der Waals surface area contributed by atoms with Crippen molar-refractivity contribution < 1.29 is 12.8 Å². The monoisotopic (exact) mass is 398 g/mol. The van der Waals surface area contributed by atoms with Gasteiger partial charge in [-0.05, 0) is 74.2 Å². The van der Waals surface area contributed by atoms with E-state index in [1.165, 1.54) is 12.1 Å². The zero-order chi connectivity index (χ0) is 19.6. The van der Waals surface area contributed by atoms with Crippen LogP contribution >= 0.6 is 0 Å². The summed E-state index contributed by atoms with van der Waals surface area (Å²) in [6, 6.07) is 15.9. The Hall–Kier alpha value is -2.31. The molecule has 4 rings (SSSR count). The number of benzene rings is 2. The number of nitrogens with zero attached hydrogens (tertiary/aromatic N) is 1. The van der Waals surface area contributed by atoms with Crippen LogP contribution in [0.4, 0.5) is 4.39 Å². The summed E-state index contributed by atoms with van der Waals surface area (Å²) in [5.74, 6) is -0.273. The molecule has 0 saturated carbocycles. The van der Waals surface area contributed by atoms with E-state index in [1.54, 1.807) is 12.1 Å². The standard InChI is InChI=1S/C22H23FN2O2S/c23-19-9-6-16(7-10-19)5-8-18-15-17-3-1-2-4-21(17)25-22(18)28(26,27)20-11-13-24-14-12-20/h1-4,6-7,9-10,15,20,24H,5,8,11-14H2. The summed E-state index contributed by atoms with van der Waals surface area (Å²) in [5, 5.41) is 3.96. The molecular formula is C22H23FN2O2S. The van der Waals surface area contributed by atoms with Crippen LogP contribution in [0.1, 0.15) is 24.0 Å². The molecule has 1 aliphatic heterocycles. The lowest BCUT2D eigenvalue weighted by molar-refractivity contribution is 0.494. The summed E-state index contributed by atoms with van der Waals surface area (Å²) >= 11 is 0. The summed E-state index contributed by atoms with van der Waals surface area (Å²) in [6.45, 7) is 1.42. The molecule has 3 aromatic rings. The van der Waals surface area contributed by atoms with Crippen molar-refractivity contribution in [2.24, 2.45) is 0 Å². The number of sulfone groups is 1. The Balaban J connectivity index is 1.72. The quantitative estimate of drug-likeness (QED) is 0.712. The molecule has 146 valence electrons. The number of piperidine rings is 1. The SMILES string of the molecule is O=S(=O)(c1nc2ccccc2cc1CCc1ccc(F)cc1)C1CCNCC1. The van der Waals surface area contributed by atoms with E-state index in [0.717, 1.165) is 16.5 Å². The average Bonchev–Trinajstić information content (AvgIpc) is 2.73. The Morgan fingerprint density at radius 2 is 1.71 bits per heavy atom. The number of halogens is 1. The zero-order valence-electron chi connectivity index (χ0n) is 15.6. The molecule has 2 aromatic carbocycles. The minimum Gasteiger partial charge on any atom is -0.317 e. The molecule has 0 aliphatic carbocycles. The fraction of sp³-hybridized carbons (Fsp3) is 0.318. The second-order valence-corrected chi connectivity index (χ2v) is 9.41. The van der Waals surface area contributed by atoms with Crippen LogP contribution in [0.15, 0.2) is 59.6 Å². The molecule has 1 fully saturated rings. The minimum absolute atomic E-state index is 0.209. The summed E-state index contributed by atoms with van der Waals surface area (Å²) in [4.78, 5) is 4.58. The molecule has 0 atom stereocenters. The van der Waals surface area contributed by atoms with Gasteiger partial charge in [-0.1, -0.05) is 30.3 Å². The predicted octanol–water partition coefficient (Wildman–Crippen LogP) is 3.68. The summed E-state index contributed by atoms with van der Waals surface area (Å²) < 4.78 is 39.9. The number of para-hydroxylation sites is 1. The second-order valence-electron chi connectivity index (χ2n) is 7.27. The number of fused-ring (bicyclic) bond motifs is 1. The summed E-state index contributed by atoms with van der Waals surface area (Å²) in [6.07, 6.45) is 2.39. The van der Waals surface area contributed by atoms with E-state index in [-0.39, 0.29) is 10.8 Å². The van der Waals surface area contributed by atoms with Crippen molar-refractivity contribution in [1.29, 1.82) is 0 Å². The van der Waals surface area contributed by atoms with Crippen molar-refractivity contribution in [1.82, 2.24) is 10.3 Å². The number of nitrogens with one attached hydrogen (secondary N) is 1. The highest BCUT2D eigenvalue weighted by atomic mass is 32.2. The fourth-order valence-electron chi connectivity index (χ4n) is 3.76. The van der Waals surface area contributed by atoms with Crippen LogP contribution in [-0.2, 0) is 22.7 Å². The normalized spacial score (nSPS) is 15.8. The van der Waals surface area contributed by atoms with Gasteiger partial charge in [0.05, 0.1) is 10.8 Å². The van der Waals surface area contributed by atoms with Crippen molar-refractivity contribution in [2.45, 2.75) is 36.0 Å². The van der Waals surface area contributed by atoms with Gasteiger partial charge < -0.3 is 5.32 Å². The number of rotatable bonds is 5. The first-order chi connectivity index (χ1) is 13.5. The maximum Gasteiger partial charge on any atom is 0.198 e. The molecule has 0 unspecified atom stereocenters. The third kappa shape index (κ3) is 3.93. The molecule has 0 bridgehead atoms. The van der Waals surface area contributed by atoms with Crippen molar-refractivity contribution >= 4 is 20.7 Å². The van der Waals surface area contributed by atoms with Crippen LogP contribution < -0.4 is 5.32 Å². The number of aryl methyl sites for hydroxylation is 2. The van der Waals surface area contributed by atoms with Gasteiger partial charge in [0.2, 0.25) is 0 Å². The van der Waals surface area contributed by atoms with Gasteiger partial charge in [-0.3, -0.25) is 0 Å². The van der Waals surface area contributed by atoms with Gasteiger partial charge in [0, 0.05) is 5.39 Å². The highest BCUT2D eigenvalue weighted by Crippen LogP contribution is 2.27. The van der Waals surface area contributed by atoms with Gasteiger partial charge in [-0.2, -0.15) is 0 Å². The van der Waals surface area contributed by atoms with E-state index < -0.39 is 15.1 Å². The first-order valence-electron chi connectivity index (χ1n) is 9.62. The lowest BCUT2D eigenvalue weighted by atomic mass is 10.0. The highest BCUT2D eigenvalue weighted by Gasteiger charge is 2.32. The fourth-order valence-corrected chi connectivity index (χ4v) is 5.69. The Morgan fingerprint density at radius 1 is 1.00 bits per heavy atom. The van der Waals surface area contributed by atoms with Gasteiger partial charge in [0.15, 0.2) is 14.9 Å². The molecule has 1 aromatic heterocycles. The van der Waals surface area contributed by atoms with E-state index in [0.29, 0.717) is 44.3 Å². The van der Waals surface area contributed by atoms with E-state index >= 15 is 0 Å². The first kappa shape index (κ1) is 19.0. The molecule has 28 heavy (non-hydrogen) atoms. The third-order valence-corrected chi connectivity index (χ3v) is 7.60. The molecule has 1 saturated heterocycles. The number of aromatic nitrogens is 1. The van der Waals surface area contributed by atoms with Gasteiger partial charge in [-0.25, -0.2) is 17.8 Å². The number of pyridine rings is 1. The van der Waals surface area contributed by atoms with Crippen molar-refractivity contribution in [3.8, 4) is 0 Å². The van der Waals surface area contributed by atoms with Crippen molar-refractivity contribution in [3.05, 3.63) is 71.5 Å². The third-order valence-electron chi connectivity index (χ3n) is 5.35. The van der Waals surface area contributed by atoms with Crippen LogP contribution in [0.25, 0.3) is 10.9 Å². The van der Waals surface area contributed by atoms with Gasteiger partial charge in [0.1, 0.15) is 5.82 Å². The highest BCUT2D eigenvalue weighted by molar-refractivity contribution is 7.92. The molecule has 1 aliphatic rings. The lowest BCUT2D eigenvalue weighted by Gasteiger charge is -2.23. The largest absolute Gasteiger partial charge is 0.317 e. The molecule has 0 amide bonds. The number of hydrogen-bond donors (Lipinski definition) is 1. The molecular weight excluding hydrogens is 375 g/mol. The Bertz CT molecular complexity index is 1080. The van der Waals surface area contributed by atoms with Crippen LogP contribution in [-0.4, -0.2) is 31.7 Å².